The Bertz CT molecular complexity index is 216. The van der Waals surface area contributed by atoms with Crippen LogP contribution < -0.4 is 34.0 Å². The predicted molar refractivity (Wildman–Crippen MR) is 52.9 cm³/mol. The maximum Gasteiger partial charge on any atom is 2.00 e. The zero-order valence-electron chi connectivity index (χ0n) is 6.21. The van der Waals surface area contributed by atoms with Crippen LogP contribution in [0.15, 0.2) is 30.3 Å². The normalized spacial score (nSPS) is 6.75. The van der Waals surface area contributed by atoms with Crippen molar-refractivity contribution in [1.82, 2.24) is 0 Å². The van der Waals surface area contributed by atoms with Crippen molar-refractivity contribution in [2.45, 2.75) is 0 Å². The van der Waals surface area contributed by atoms with E-state index in [1.807, 2.05) is 30.3 Å². The van der Waals surface area contributed by atoms with Crippen molar-refractivity contribution < 1.29 is 34.0 Å². The first-order valence-corrected chi connectivity index (χ1v) is 3.44. The zero-order valence-corrected chi connectivity index (χ0v) is 12.5. The molecule has 62 valence electrons. The van der Waals surface area contributed by atoms with Crippen LogP contribution in [-0.2, 0) is 0 Å². The molecule has 0 N–H and O–H groups in total. The van der Waals surface area contributed by atoms with Crippen molar-refractivity contribution in [2.75, 3.05) is 0 Å². The quantitative estimate of drug-likeness (QED) is 0.309. The molecule has 1 aromatic rings. The van der Waals surface area contributed by atoms with E-state index in [-0.39, 0.29) is 57.0 Å². The summed E-state index contributed by atoms with van der Waals surface area (Å²) < 4.78 is 0.649. The number of hydrogen-bond donors (Lipinski definition) is 1. The number of rotatable bonds is 1. The van der Waals surface area contributed by atoms with E-state index in [1.165, 1.54) is 0 Å². The second-order valence-corrected chi connectivity index (χ2v) is 2.83. The molecule has 0 fully saturated rings. The summed E-state index contributed by atoms with van der Waals surface area (Å²) in [6, 6.07) is 9.72. The summed E-state index contributed by atoms with van der Waals surface area (Å²) in [4.78, 5) is 0. The Morgan fingerprint density at radius 2 is 1.50 bits per heavy atom. The van der Waals surface area contributed by atoms with Crippen molar-refractivity contribution in [2.24, 2.45) is 0 Å². The predicted octanol–water partition coefficient (Wildman–Crippen LogP) is -4.08. The molecule has 0 aromatic heterocycles. The molecule has 0 atom stereocenters. The van der Waals surface area contributed by atoms with E-state index in [0.29, 0.717) is 4.20 Å². The molecule has 0 amide bonds. The Labute approximate surface area is 121 Å². The Balaban J connectivity index is -0.000000270. The molecule has 0 aliphatic heterocycles. The third-order valence-corrected chi connectivity index (χ3v) is 1.51. The summed E-state index contributed by atoms with van der Waals surface area (Å²) in [5.74, 6) is 0. The fraction of sp³-hybridized carbons (Fsp3) is 0. The van der Waals surface area contributed by atoms with Crippen LogP contribution in [0.5, 0.6) is 0 Å². The third kappa shape index (κ3) is 6.85. The summed E-state index contributed by atoms with van der Waals surface area (Å²) in [5.41, 5.74) is 1.01. The first-order chi connectivity index (χ1) is 4.30. The number of thiol groups is 1. The van der Waals surface area contributed by atoms with Gasteiger partial charge in [0.25, 0.3) is 0 Å². The first-order valence-electron chi connectivity index (χ1n) is 2.59. The van der Waals surface area contributed by atoms with Crippen LogP contribution in [0.3, 0.4) is 0 Å². The molecule has 0 aliphatic rings. The molecule has 0 unspecified atom stereocenters. The van der Waals surface area contributed by atoms with Gasteiger partial charge in [0.1, 0.15) is 0 Å². The second-order valence-electron chi connectivity index (χ2n) is 1.67. The van der Waals surface area contributed by atoms with Crippen molar-refractivity contribution in [3.8, 4) is 0 Å². The monoisotopic (exact) mass is 336 g/mol. The van der Waals surface area contributed by atoms with Gasteiger partial charge in [-0.25, -0.2) is 0 Å². The molecule has 12 heavy (non-hydrogen) atoms. The molecule has 0 nitrogen and oxygen atoms in total. The maximum atomic E-state index is 4.83. The molecular weight excluding hydrogens is 332 g/mol. The molecule has 0 radical (unpaired) electrons. The van der Waals surface area contributed by atoms with E-state index in [4.69, 9.17) is 12.2 Å². The minimum atomic E-state index is 0. The Morgan fingerprint density at radius 3 is 1.75 bits per heavy atom. The average molecular weight is 338 g/mol. The largest absolute Gasteiger partial charge is 2.00 e. The van der Waals surface area contributed by atoms with E-state index >= 15 is 0 Å². The van der Waals surface area contributed by atoms with Crippen LogP contribution in [0.4, 0.5) is 0 Å². The summed E-state index contributed by atoms with van der Waals surface area (Å²) >= 11 is 8.85. The van der Waals surface area contributed by atoms with Gasteiger partial charge in [0, 0.05) is 0 Å². The van der Waals surface area contributed by atoms with E-state index < -0.39 is 0 Å². The Kier molecular flexibility index (Phi) is 16.6. The van der Waals surface area contributed by atoms with Crippen molar-refractivity contribution in [3.05, 3.63) is 35.9 Å². The van der Waals surface area contributed by atoms with Crippen LogP contribution in [-0.4, -0.2) is 27.2 Å². The van der Waals surface area contributed by atoms with Crippen molar-refractivity contribution >= 4 is 52.1 Å². The van der Waals surface area contributed by atoms with E-state index in [9.17, 15) is 0 Å². The molecule has 0 aliphatic carbocycles. The van der Waals surface area contributed by atoms with Crippen LogP contribution in [0, 0.1) is 0 Å². The van der Waals surface area contributed by atoms with Gasteiger partial charge >= 0.3 is 23.1 Å². The fourth-order valence-electron chi connectivity index (χ4n) is 0.581. The van der Waals surface area contributed by atoms with E-state index in [2.05, 4.69) is 12.6 Å². The first kappa shape index (κ1) is 19.0. The molecule has 0 saturated heterocycles. The van der Waals surface area contributed by atoms with Gasteiger partial charge in [0.15, 0.2) is 0 Å². The van der Waals surface area contributed by atoms with Crippen LogP contribution in [0.25, 0.3) is 0 Å². The topological polar surface area (TPSA) is 0 Å². The van der Waals surface area contributed by atoms with Crippen LogP contribution >= 0.6 is 24.8 Å². The van der Waals surface area contributed by atoms with Gasteiger partial charge in [-0.15, -0.1) is 12.6 Å². The van der Waals surface area contributed by atoms with Gasteiger partial charge < -0.3 is 34.0 Å². The number of thiocarbonyl (C=S) groups is 1. The van der Waals surface area contributed by atoms with Crippen LogP contribution in [0.2, 0.25) is 0 Å². The molecule has 5 heteroatoms. The smallest absolute Gasteiger partial charge is 1.00 e. The minimum Gasteiger partial charge on any atom is -1.00 e. The molecule has 1 rings (SSSR count). The van der Waals surface area contributed by atoms with Gasteiger partial charge in [0.2, 0.25) is 0 Å². The summed E-state index contributed by atoms with van der Waals surface area (Å²) in [6.45, 7) is 0. The summed E-state index contributed by atoms with van der Waals surface area (Å²) in [7, 11) is 0. The number of hydrogen-bond acceptors (Lipinski definition) is 1. The van der Waals surface area contributed by atoms with Crippen molar-refractivity contribution in [3.63, 3.8) is 0 Å². The number of benzene rings is 1. The van der Waals surface area contributed by atoms with Crippen LogP contribution in [0.1, 0.15) is 5.56 Å². The Morgan fingerprint density at radius 1 is 1.08 bits per heavy atom. The van der Waals surface area contributed by atoms with E-state index in [1.54, 1.807) is 0 Å². The minimum absolute atomic E-state index is 0. The third-order valence-electron chi connectivity index (χ3n) is 1.02. The summed E-state index contributed by atoms with van der Waals surface area (Å²) in [5, 5.41) is 0. The average Bonchev–Trinajstić information content (AvgIpc) is 1.90. The molecule has 1 aromatic carbocycles. The standard InChI is InChI=1S/C7H6S2.2BrH.Mg/c8-7(9)6-4-2-1-3-5-6;;;/h1-5H,(H,8,9);2*1H;/q;;;+2/p-2. The molecular formula is C7H6Br2MgS2. The molecule has 0 heterocycles. The maximum absolute atomic E-state index is 4.83. The van der Waals surface area contributed by atoms with Gasteiger partial charge in [-0.2, -0.15) is 0 Å². The van der Waals surface area contributed by atoms with Gasteiger partial charge in [-0.1, -0.05) is 42.5 Å². The van der Waals surface area contributed by atoms with Crippen molar-refractivity contribution in [1.29, 1.82) is 0 Å². The second kappa shape index (κ2) is 10.5. The Hall–Kier alpha value is 1.39. The van der Waals surface area contributed by atoms with Gasteiger partial charge in [0.05, 0.1) is 4.20 Å². The van der Waals surface area contributed by atoms with E-state index in [0.717, 1.165) is 5.56 Å². The van der Waals surface area contributed by atoms with Gasteiger partial charge in [-0.3, -0.25) is 0 Å². The molecule has 0 saturated carbocycles. The molecule has 0 bridgehead atoms. The van der Waals surface area contributed by atoms with Gasteiger partial charge in [-0.05, 0) is 5.56 Å². The SMILES string of the molecule is S=C(S)c1ccccc1.[Br-].[Br-].[Mg+2]. The fourth-order valence-corrected chi connectivity index (χ4v) is 0.866. The summed E-state index contributed by atoms with van der Waals surface area (Å²) in [6.07, 6.45) is 0. The number of halogens is 2. The zero-order chi connectivity index (χ0) is 6.69. The molecule has 0 spiro atoms.